The highest BCUT2D eigenvalue weighted by Crippen LogP contribution is 2.48. The van der Waals surface area contributed by atoms with Gasteiger partial charge in [-0.2, -0.15) is 0 Å². The van der Waals surface area contributed by atoms with Gasteiger partial charge in [-0.3, -0.25) is 9.59 Å². The molecule has 40 heavy (non-hydrogen) atoms. The molecule has 216 valence electrons. The van der Waals surface area contributed by atoms with Crippen LogP contribution in [0.4, 0.5) is 0 Å². The van der Waals surface area contributed by atoms with Gasteiger partial charge in [-0.05, 0) is 64.1 Å². The minimum atomic E-state index is -0.661. The lowest BCUT2D eigenvalue weighted by Crippen LogP contribution is -2.44. The Morgan fingerprint density at radius 2 is 1.95 bits per heavy atom. The molecular weight excluding hydrogens is 534 g/mol. The van der Waals surface area contributed by atoms with Gasteiger partial charge in [-0.15, -0.1) is 0 Å². The number of benzene rings is 1. The van der Waals surface area contributed by atoms with E-state index in [1.807, 2.05) is 16.4 Å². The third kappa shape index (κ3) is 6.14. The summed E-state index contributed by atoms with van der Waals surface area (Å²) in [5.74, 6) is -0.0165. The van der Waals surface area contributed by atoms with Crippen LogP contribution >= 0.6 is 11.8 Å². The number of hydrogen-bond donors (Lipinski definition) is 0. The molecule has 1 aromatic carbocycles. The number of allylic oxidation sites excluding steroid dienone is 1. The third-order valence-electron chi connectivity index (χ3n) is 7.02. The molecule has 10 nitrogen and oxygen atoms in total. The molecule has 1 fully saturated rings. The lowest BCUT2D eigenvalue weighted by atomic mass is 9.92. The predicted octanol–water partition coefficient (Wildman–Crippen LogP) is 4.42. The van der Waals surface area contributed by atoms with Crippen molar-refractivity contribution in [3.63, 3.8) is 0 Å². The Morgan fingerprint density at radius 1 is 1.18 bits per heavy atom. The molecule has 0 aliphatic carbocycles. The Morgan fingerprint density at radius 3 is 2.62 bits per heavy atom. The summed E-state index contributed by atoms with van der Waals surface area (Å²) in [6.45, 7) is 8.38. The number of carbonyl (C=O) groups excluding carboxylic acids is 3. The van der Waals surface area contributed by atoms with Crippen LogP contribution in [0.25, 0.3) is 0 Å². The summed E-state index contributed by atoms with van der Waals surface area (Å²) in [6, 6.07) is 4.75. The van der Waals surface area contributed by atoms with Crippen LogP contribution in [0.1, 0.15) is 58.6 Å². The van der Waals surface area contributed by atoms with Crippen LogP contribution in [0, 0.1) is 5.92 Å². The van der Waals surface area contributed by atoms with Crippen LogP contribution in [0.5, 0.6) is 11.5 Å². The fourth-order valence-corrected chi connectivity index (χ4v) is 6.14. The normalized spacial score (nSPS) is 20.6. The van der Waals surface area contributed by atoms with E-state index in [0.29, 0.717) is 65.3 Å². The maximum absolute atomic E-state index is 13.6. The van der Waals surface area contributed by atoms with Crippen LogP contribution in [0.2, 0.25) is 0 Å². The maximum atomic E-state index is 13.6. The number of nitrogens with zero attached hydrogens (tertiary/aromatic N) is 3. The molecule has 0 radical (unpaired) electrons. The van der Waals surface area contributed by atoms with E-state index < -0.39 is 12.0 Å². The quantitative estimate of drug-likeness (QED) is 0.398. The first-order valence-corrected chi connectivity index (χ1v) is 14.4. The summed E-state index contributed by atoms with van der Waals surface area (Å²) in [6.07, 6.45) is 1.18. The highest BCUT2D eigenvalue weighted by molar-refractivity contribution is 8.16. The Hall–Kier alpha value is -3.47. The smallest absolute Gasteiger partial charge is 0.338 e. The number of aliphatic imine (C=N–C) groups is 1. The topological polar surface area (TPSA) is 107 Å². The Kier molecular flexibility index (Phi) is 9.44. The molecule has 0 N–H and O–H groups in total. The summed E-state index contributed by atoms with van der Waals surface area (Å²) in [5.41, 5.74) is 2.29. The molecule has 4 rings (SSSR count). The first kappa shape index (κ1) is 29.5. The lowest BCUT2D eigenvalue weighted by molar-refractivity contribution is -0.151. The van der Waals surface area contributed by atoms with E-state index in [9.17, 15) is 14.4 Å². The van der Waals surface area contributed by atoms with Crippen molar-refractivity contribution >= 4 is 34.8 Å². The van der Waals surface area contributed by atoms with Crippen molar-refractivity contribution < 1.29 is 33.3 Å². The van der Waals surface area contributed by atoms with Gasteiger partial charge >= 0.3 is 11.9 Å². The molecule has 1 amide bonds. The van der Waals surface area contributed by atoms with E-state index in [-0.39, 0.29) is 30.3 Å². The Bertz CT molecular complexity index is 1260. The number of thioether (sulfide) groups is 1. The molecule has 0 unspecified atom stereocenters. The van der Waals surface area contributed by atoms with E-state index in [1.165, 1.54) is 11.8 Å². The summed E-state index contributed by atoms with van der Waals surface area (Å²) < 4.78 is 22.1. The van der Waals surface area contributed by atoms with Crippen LogP contribution in [0.15, 0.2) is 45.6 Å². The number of amidine groups is 1. The molecule has 1 saturated heterocycles. The number of hydrogen-bond acceptors (Lipinski definition) is 10. The van der Waals surface area contributed by atoms with Crippen molar-refractivity contribution in [3.05, 3.63) is 46.1 Å². The molecule has 0 saturated carbocycles. The number of likely N-dealkylation sites (tertiary alicyclic amines) is 1. The van der Waals surface area contributed by atoms with Crippen molar-refractivity contribution in [2.24, 2.45) is 10.9 Å². The molecule has 1 aromatic rings. The number of carbonyl (C=O) groups is 3. The second-order valence-electron chi connectivity index (χ2n) is 10.1. The first-order valence-electron chi connectivity index (χ1n) is 13.5. The molecular formula is C29H37N3O7S. The van der Waals surface area contributed by atoms with Crippen molar-refractivity contribution in [2.45, 2.75) is 59.1 Å². The van der Waals surface area contributed by atoms with Gasteiger partial charge in [0.2, 0.25) is 5.91 Å². The lowest BCUT2D eigenvalue weighted by Gasteiger charge is -2.38. The minimum Gasteiger partial charge on any atom is -0.497 e. The number of methoxy groups -OCH3 is 2. The van der Waals surface area contributed by atoms with E-state index in [0.717, 1.165) is 6.42 Å². The highest BCUT2D eigenvalue weighted by Gasteiger charge is 2.43. The molecule has 3 heterocycles. The highest BCUT2D eigenvalue weighted by atomic mass is 32.2. The SMILES string of the molecule is CCOC(=O)[C@H]1CCCN(C(=O)CC2=CSC3=NC(C)=C(C(=O)OC(C)C)[C@H](c4cc(OC)ccc4OC)N23)C1. The average molecular weight is 572 g/mol. The largest absolute Gasteiger partial charge is 0.497 e. The van der Waals surface area contributed by atoms with Gasteiger partial charge in [0.25, 0.3) is 0 Å². The van der Waals surface area contributed by atoms with E-state index >= 15 is 0 Å². The molecule has 0 aromatic heterocycles. The van der Waals surface area contributed by atoms with Crippen LogP contribution in [-0.4, -0.2) is 72.8 Å². The number of rotatable bonds is 9. The average Bonchev–Trinajstić information content (AvgIpc) is 3.33. The minimum absolute atomic E-state index is 0.0793. The van der Waals surface area contributed by atoms with Crippen LogP contribution < -0.4 is 9.47 Å². The number of ether oxygens (including phenoxy) is 4. The number of esters is 2. The fraction of sp³-hybridized carbons (Fsp3) is 0.517. The van der Waals surface area contributed by atoms with Gasteiger partial charge in [0.15, 0.2) is 5.17 Å². The number of fused-ring (bicyclic) bond motifs is 1. The van der Waals surface area contributed by atoms with Gasteiger partial charge in [-0.25, -0.2) is 9.79 Å². The molecule has 0 bridgehead atoms. The van der Waals surface area contributed by atoms with Crippen molar-refractivity contribution in [3.8, 4) is 11.5 Å². The summed E-state index contributed by atoms with van der Waals surface area (Å²) in [7, 11) is 3.15. The van der Waals surface area contributed by atoms with Gasteiger partial charge < -0.3 is 28.7 Å². The molecule has 2 atom stereocenters. The first-order chi connectivity index (χ1) is 19.2. The van der Waals surface area contributed by atoms with E-state index in [1.54, 1.807) is 58.9 Å². The molecule has 3 aliphatic heterocycles. The Labute approximate surface area is 239 Å². The summed E-state index contributed by atoms with van der Waals surface area (Å²) in [5, 5.41) is 2.55. The van der Waals surface area contributed by atoms with Crippen molar-refractivity contribution in [2.75, 3.05) is 33.9 Å². The van der Waals surface area contributed by atoms with Gasteiger partial charge in [0, 0.05) is 24.4 Å². The zero-order valence-corrected chi connectivity index (χ0v) is 24.7. The predicted molar refractivity (Wildman–Crippen MR) is 152 cm³/mol. The number of piperidine rings is 1. The van der Waals surface area contributed by atoms with Gasteiger partial charge in [0.1, 0.15) is 11.5 Å². The van der Waals surface area contributed by atoms with E-state index in [4.69, 9.17) is 23.9 Å². The zero-order chi connectivity index (χ0) is 29.0. The number of amides is 1. The van der Waals surface area contributed by atoms with Gasteiger partial charge in [0.05, 0.1) is 56.6 Å². The summed E-state index contributed by atoms with van der Waals surface area (Å²) >= 11 is 1.40. The third-order valence-corrected chi connectivity index (χ3v) is 7.91. The maximum Gasteiger partial charge on any atom is 0.338 e. The fourth-order valence-electron chi connectivity index (χ4n) is 5.18. The van der Waals surface area contributed by atoms with Gasteiger partial charge in [-0.1, -0.05) is 11.8 Å². The second kappa shape index (κ2) is 12.8. The van der Waals surface area contributed by atoms with Crippen LogP contribution in [0.3, 0.4) is 0 Å². The second-order valence-corrected chi connectivity index (χ2v) is 10.9. The molecule has 11 heteroatoms. The monoisotopic (exact) mass is 571 g/mol. The van der Waals surface area contributed by atoms with E-state index in [2.05, 4.69) is 0 Å². The standard InChI is InChI=1S/C29H37N3O7S/c1-7-38-27(34)19-9-8-12-31(15-19)24(33)13-20-16-40-29-30-18(4)25(28(35)39-17(2)3)26(32(20)29)22-14-21(36-5)10-11-23(22)37-6/h10-11,14,16-17,19,26H,7-9,12-13,15H2,1-6H3/t19-,26-/m0/s1. The summed E-state index contributed by atoms with van der Waals surface area (Å²) in [4.78, 5) is 47.8. The van der Waals surface area contributed by atoms with Crippen LogP contribution in [-0.2, 0) is 23.9 Å². The van der Waals surface area contributed by atoms with Crippen molar-refractivity contribution in [1.29, 1.82) is 0 Å². The molecule has 0 spiro atoms. The zero-order valence-electron chi connectivity index (χ0n) is 23.9. The molecule has 3 aliphatic rings. The Balaban J connectivity index is 1.69. The van der Waals surface area contributed by atoms with Crippen molar-refractivity contribution in [1.82, 2.24) is 9.80 Å².